The number of anilines is 3. The summed E-state index contributed by atoms with van der Waals surface area (Å²) in [4.78, 5) is 50.5. The largest absolute Gasteiger partial charge is 0.397 e. The number of pyridine rings is 1. The van der Waals surface area contributed by atoms with Crippen molar-refractivity contribution in [2.24, 2.45) is 0 Å². The lowest BCUT2D eigenvalue weighted by molar-refractivity contribution is -0.133. The Labute approximate surface area is 291 Å². The third-order valence-corrected chi connectivity index (χ3v) is 12.0. The molecule has 3 aliphatic rings. The Morgan fingerprint density at radius 2 is 1.62 bits per heavy atom. The Hall–Kier alpha value is -3.57. The maximum absolute atomic E-state index is 14.0. The van der Waals surface area contributed by atoms with E-state index in [4.69, 9.17) is 5.73 Å². The number of nitrogens with zero attached hydrogens (tertiary/aromatic N) is 5. The van der Waals surface area contributed by atoms with Gasteiger partial charge < -0.3 is 31.1 Å². The van der Waals surface area contributed by atoms with Crippen molar-refractivity contribution >= 4 is 77.7 Å². The lowest BCUT2D eigenvalue weighted by atomic mass is 10.0. The van der Waals surface area contributed by atoms with Crippen LogP contribution in [0.25, 0.3) is 0 Å². The van der Waals surface area contributed by atoms with Gasteiger partial charge in [-0.25, -0.2) is 13.9 Å². The number of likely N-dealkylation sites (tertiary alicyclic amines) is 1. The van der Waals surface area contributed by atoms with Crippen molar-refractivity contribution in [3.8, 4) is 0 Å². The van der Waals surface area contributed by atoms with Gasteiger partial charge in [-0.3, -0.25) is 18.9 Å². The molecule has 5 amide bonds. The number of carbonyl (C=O) groups excluding carboxylic acids is 3. The molecule has 0 aliphatic carbocycles. The van der Waals surface area contributed by atoms with E-state index in [0.717, 1.165) is 15.6 Å². The number of halogens is 2. The average Bonchev–Trinajstić information content (AvgIpc) is 3.07. The van der Waals surface area contributed by atoms with Crippen LogP contribution < -0.4 is 21.3 Å². The van der Waals surface area contributed by atoms with Gasteiger partial charge in [0.15, 0.2) is 0 Å². The SMILES string of the molecule is Nc1c(Br)cc(C[C@@H](NC(=O)N2CCC(N3C(=O)Nc4ccccc4S3(O)O)CC2)C(=O)N2CCN(c3ccncc3)CC2)cc1Br. The molecule has 250 valence electrons. The number of para-hydroxylation sites is 1. The second-order valence-electron chi connectivity index (χ2n) is 11.7. The second-order valence-corrected chi connectivity index (χ2v) is 15.3. The van der Waals surface area contributed by atoms with E-state index >= 15 is 0 Å². The number of fused-ring (bicyclic) bond motifs is 1. The van der Waals surface area contributed by atoms with Crippen LogP contribution in [-0.2, 0) is 11.2 Å². The first-order valence-corrected chi connectivity index (χ1v) is 18.3. The number of aromatic nitrogens is 1. The Morgan fingerprint density at radius 1 is 0.979 bits per heavy atom. The number of nitrogen functional groups attached to an aromatic ring is 1. The van der Waals surface area contributed by atoms with Gasteiger partial charge >= 0.3 is 12.1 Å². The van der Waals surface area contributed by atoms with E-state index in [1.54, 1.807) is 46.5 Å². The summed E-state index contributed by atoms with van der Waals surface area (Å²) in [6.45, 7) is 2.83. The maximum Gasteiger partial charge on any atom is 0.340 e. The summed E-state index contributed by atoms with van der Waals surface area (Å²) in [5, 5.41) is 5.73. The third-order valence-electron chi connectivity index (χ3n) is 8.78. The average molecular weight is 793 g/mol. The molecule has 0 saturated carbocycles. The number of hydrogen-bond acceptors (Lipinski definition) is 8. The smallest absolute Gasteiger partial charge is 0.340 e. The molecule has 0 bridgehead atoms. The van der Waals surface area contributed by atoms with Crippen molar-refractivity contribution in [3.05, 3.63) is 75.4 Å². The van der Waals surface area contributed by atoms with Gasteiger partial charge in [-0.05, 0) is 86.7 Å². The Morgan fingerprint density at radius 3 is 2.28 bits per heavy atom. The first-order valence-electron chi connectivity index (χ1n) is 15.2. The number of piperidine rings is 1. The molecule has 3 aliphatic heterocycles. The maximum atomic E-state index is 14.0. The van der Waals surface area contributed by atoms with E-state index in [0.29, 0.717) is 59.3 Å². The highest BCUT2D eigenvalue weighted by Gasteiger charge is 2.43. The van der Waals surface area contributed by atoms with Gasteiger partial charge in [0, 0.05) is 72.7 Å². The second kappa shape index (κ2) is 13.9. The molecule has 4 heterocycles. The lowest BCUT2D eigenvalue weighted by Gasteiger charge is -2.51. The Bertz CT molecular complexity index is 1630. The molecule has 47 heavy (non-hydrogen) atoms. The molecule has 2 saturated heterocycles. The summed E-state index contributed by atoms with van der Waals surface area (Å²) < 4.78 is 24.7. The van der Waals surface area contributed by atoms with Crippen LogP contribution in [-0.4, -0.2) is 97.5 Å². The minimum Gasteiger partial charge on any atom is -0.397 e. The number of benzene rings is 2. The number of urea groups is 2. The highest BCUT2D eigenvalue weighted by molar-refractivity contribution is 9.11. The fourth-order valence-electron chi connectivity index (χ4n) is 6.27. The van der Waals surface area contributed by atoms with Crippen LogP contribution in [0.5, 0.6) is 0 Å². The van der Waals surface area contributed by atoms with E-state index in [1.807, 2.05) is 24.3 Å². The van der Waals surface area contributed by atoms with Crippen LogP contribution >= 0.6 is 42.6 Å². The van der Waals surface area contributed by atoms with E-state index in [2.05, 4.69) is 52.4 Å². The topological polar surface area (TPSA) is 168 Å². The number of piperazine rings is 1. The van der Waals surface area contributed by atoms with Crippen molar-refractivity contribution in [2.45, 2.75) is 36.2 Å². The summed E-state index contributed by atoms with van der Waals surface area (Å²) in [7, 11) is -3.55. The van der Waals surface area contributed by atoms with Gasteiger partial charge in [-0.2, -0.15) is 0 Å². The number of carbonyl (C=O) groups is 3. The molecular formula is C31H36Br2N8O5S. The Kier molecular flexibility index (Phi) is 9.85. The lowest BCUT2D eigenvalue weighted by Crippen LogP contribution is -2.58. The molecule has 1 atom stereocenters. The molecule has 6 rings (SSSR count). The van der Waals surface area contributed by atoms with Gasteiger partial charge in [-0.15, -0.1) is 0 Å². The first kappa shape index (κ1) is 33.3. The third kappa shape index (κ3) is 7.02. The zero-order valence-corrected chi connectivity index (χ0v) is 29.4. The number of amides is 5. The molecule has 2 fully saturated rings. The molecular weight excluding hydrogens is 756 g/mol. The predicted molar refractivity (Wildman–Crippen MR) is 188 cm³/mol. The fraction of sp³-hybridized carbons (Fsp3) is 0.355. The molecule has 16 heteroatoms. The Balaban J connectivity index is 1.13. The summed E-state index contributed by atoms with van der Waals surface area (Å²) in [5.74, 6) is -0.177. The van der Waals surface area contributed by atoms with E-state index in [9.17, 15) is 23.5 Å². The predicted octanol–water partition coefficient (Wildman–Crippen LogP) is 5.19. The molecule has 13 nitrogen and oxygen atoms in total. The molecule has 0 radical (unpaired) electrons. The van der Waals surface area contributed by atoms with Crippen LogP contribution in [0.4, 0.5) is 26.7 Å². The van der Waals surface area contributed by atoms with Crippen LogP contribution in [0, 0.1) is 0 Å². The number of nitrogens with one attached hydrogen (secondary N) is 2. The van der Waals surface area contributed by atoms with E-state index in [-0.39, 0.29) is 30.3 Å². The highest BCUT2D eigenvalue weighted by atomic mass is 79.9. The minimum atomic E-state index is -3.55. The number of hydrogen-bond donors (Lipinski definition) is 5. The fourth-order valence-corrected chi connectivity index (χ4v) is 9.34. The van der Waals surface area contributed by atoms with Gasteiger partial charge in [0.2, 0.25) is 5.91 Å². The van der Waals surface area contributed by atoms with E-state index < -0.39 is 34.9 Å². The molecule has 0 spiro atoms. The zero-order valence-electron chi connectivity index (χ0n) is 25.4. The van der Waals surface area contributed by atoms with Gasteiger partial charge in [0.05, 0.1) is 17.4 Å². The van der Waals surface area contributed by atoms with Crippen molar-refractivity contribution in [1.82, 2.24) is 24.4 Å². The van der Waals surface area contributed by atoms with Crippen molar-refractivity contribution in [1.29, 1.82) is 0 Å². The van der Waals surface area contributed by atoms with E-state index in [1.165, 1.54) is 0 Å². The number of rotatable bonds is 6. The molecule has 6 N–H and O–H groups in total. The molecule has 3 aromatic rings. The van der Waals surface area contributed by atoms with Crippen LogP contribution in [0.15, 0.2) is 74.8 Å². The monoisotopic (exact) mass is 790 g/mol. The van der Waals surface area contributed by atoms with Gasteiger partial charge in [0.25, 0.3) is 0 Å². The van der Waals surface area contributed by atoms with Gasteiger partial charge in [0.1, 0.15) is 10.9 Å². The first-order chi connectivity index (χ1) is 22.5. The van der Waals surface area contributed by atoms with Crippen molar-refractivity contribution in [3.63, 3.8) is 0 Å². The van der Waals surface area contributed by atoms with Crippen LogP contribution in [0.2, 0.25) is 0 Å². The van der Waals surface area contributed by atoms with Crippen LogP contribution in [0.3, 0.4) is 0 Å². The van der Waals surface area contributed by atoms with Crippen molar-refractivity contribution in [2.75, 3.05) is 55.2 Å². The highest BCUT2D eigenvalue weighted by Crippen LogP contribution is 2.58. The normalized spacial score (nSPS) is 19.4. The van der Waals surface area contributed by atoms with Crippen LogP contribution in [0.1, 0.15) is 18.4 Å². The number of nitrogens with two attached hydrogens (primary N) is 1. The van der Waals surface area contributed by atoms with Gasteiger partial charge in [-0.1, -0.05) is 22.9 Å². The van der Waals surface area contributed by atoms with Crippen molar-refractivity contribution < 1.29 is 23.5 Å². The summed E-state index contributed by atoms with van der Waals surface area (Å²) in [5.41, 5.74) is 8.87. The summed E-state index contributed by atoms with van der Waals surface area (Å²) in [6.07, 6.45) is 4.42. The summed E-state index contributed by atoms with van der Waals surface area (Å²) in [6, 6.07) is 11.9. The summed E-state index contributed by atoms with van der Waals surface area (Å²) >= 11 is 6.96. The zero-order chi connectivity index (χ0) is 33.3. The minimum absolute atomic E-state index is 0.177. The molecule has 2 aromatic carbocycles. The quantitative estimate of drug-likeness (QED) is 0.213. The molecule has 1 aromatic heterocycles. The molecule has 0 unspecified atom stereocenters. The standard InChI is InChI=1S/C31H36Br2N8O5S/c32-23-17-20(18-24(33)28(23)34)19-26(29(42)39-15-13-38(14-16-39)21-5-9-35-10-6-21)37-30(43)40-11-7-22(8-12-40)41-31(44)36-25-3-1-2-4-27(25)47(41,45)46/h1-6,9-10,17-18,22,26,45-46H,7-8,11-16,19,34H2,(H,36,44)(H,37,43)/t26-/m1/s1.